The molecule has 0 saturated heterocycles. The van der Waals surface area contributed by atoms with Crippen LogP contribution >= 0.6 is 24.0 Å². The van der Waals surface area contributed by atoms with Gasteiger partial charge in [0.1, 0.15) is 11.9 Å². The number of rotatable bonds is 7. The fraction of sp³-hybridized carbons (Fsp3) is 0.500. The van der Waals surface area contributed by atoms with Gasteiger partial charge in [-0.2, -0.15) is 0 Å². The molecule has 0 bridgehead atoms. The number of ether oxygens (including phenoxy) is 1. The number of benzene rings is 1. The van der Waals surface area contributed by atoms with Crippen molar-refractivity contribution in [2.45, 2.75) is 38.8 Å². The number of amides is 1. The summed E-state index contributed by atoms with van der Waals surface area (Å²) < 4.78 is 5.65. The highest BCUT2D eigenvalue weighted by molar-refractivity contribution is 6.30. The quantitative estimate of drug-likeness (QED) is 0.812. The molecular weight excluding hydrogens is 299 g/mol. The molecule has 20 heavy (non-hydrogen) atoms. The van der Waals surface area contributed by atoms with E-state index in [1.54, 1.807) is 12.1 Å². The van der Waals surface area contributed by atoms with E-state index in [1.165, 1.54) is 0 Å². The number of halogens is 2. The van der Waals surface area contributed by atoms with Crippen molar-refractivity contribution in [3.05, 3.63) is 29.3 Å². The van der Waals surface area contributed by atoms with Crippen molar-refractivity contribution < 1.29 is 9.53 Å². The fourth-order valence-corrected chi connectivity index (χ4v) is 1.81. The van der Waals surface area contributed by atoms with Gasteiger partial charge in [0.2, 0.25) is 5.91 Å². The highest BCUT2D eigenvalue weighted by atomic mass is 35.5. The van der Waals surface area contributed by atoms with Crippen LogP contribution in [0.5, 0.6) is 5.75 Å². The maximum absolute atomic E-state index is 11.6. The van der Waals surface area contributed by atoms with Crippen LogP contribution in [-0.4, -0.2) is 24.6 Å². The Bertz CT molecular complexity index is 416. The van der Waals surface area contributed by atoms with Crippen LogP contribution < -0.4 is 15.8 Å². The summed E-state index contributed by atoms with van der Waals surface area (Å²) in [5.41, 5.74) is 5.72. The summed E-state index contributed by atoms with van der Waals surface area (Å²) in [6.45, 7) is 4.30. The molecule has 1 amide bonds. The Morgan fingerprint density at radius 1 is 1.50 bits per heavy atom. The van der Waals surface area contributed by atoms with Gasteiger partial charge in [0.05, 0.1) is 12.6 Å². The van der Waals surface area contributed by atoms with Crippen molar-refractivity contribution in [2.75, 3.05) is 6.54 Å². The maximum atomic E-state index is 11.6. The van der Waals surface area contributed by atoms with Gasteiger partial charge in [-0.3, -0.25) is 4.79 Å². The molecule has 0 radical (unpaired) electrons. The predicted molar refractivity (Wildman–Crippen MR) is 84.7 cm³/mol. The standard InChI is InChI=1S/C14H21ClN2O2.ClH/c1-3-5-13(16)14(18)17-9-10(2)19-12-7-4-6-11(15)8-12;/h4,6-8,10,13H,3,5,9,16H2,1-2H3,(H,17,18);1H. The van der Waals surface area contributed by atoms with Crippen molar-refractivity contribution in [1.82, 2.24) is 5.32 Å². The highest BCUT2D eigenvalue weighted by Crippen LogP contribution is 2.18. The molecule has 6 heteroatoms. The first-order valence-electron chi connectivity index (χ1n) is 6.48. The van der Waals surface area contributed by atoms with E-state index in [9.17, 15) is 4.79 Å². The van der Waals surface area contributed by atoms with Gasteiger partial charge in [0, 0.05) is 5.02 Å². The van der Waals surface area contributed by atoms with E-state index < -0.39 is 6.04 Å². The zero-order valence-electron chi connectivity index (χ0n) is 11.8. The monoisotopic (exact) mass is 320 g/mol. The molecule has 4 nitrogen and oxygen atoms in total. The number of hydrogen-bond donors (Lipinski definition) is 2. The molecule has 0 saturated carbocycles. The van der Waals surface area contributed by atoms with Gasteiger partial charge in [-0.1, -0.05) is 31.0 Å². The predicted octanol–water partition coefficient (Wildman–Crippen LogP) is 2.77. The number of carbonyl (C=O) groups is 1. The average Bonchev–Trinajstić information content (AvgIpc) is 2.36. The van der Waals surface area contributed by atoms with Gasteiger partial charge in [-0.15, -0.1) is 12.4 Å². The zero-order valence-corrected chi connectivity index (χ0v) is 13.3. The minimum atomic E-state index is -0.441. The topological polar surface area (TPSA) is 64.4 Å². The first-order valence-corrected chi connectivity index (χ1v) is 6.86. The number of hydrogen-bond acceptors (Lipinski definition) is 3. The Kier molecular flexibility index (Phi) is 9.38. The molecule has 114 valence electrons. The average molecular weight is 321 g/mol. The molecule has 0 fully saturated rings. The molecule has 0 aliphatic rings. The minimum Gasteiger partial charge on any atom is -0.489 e. The number of nitrogens with one attached hydrogen (secondary N) is 1. The summed E-state index contributed by atoms with van der Waals surface area (Å²) in [4.78, 5) is 11.6. The van der Waals surface area contributed by atoms with Crippen LogP contribution in [0, 0.1) is 0 Å². The van der Waals surface area contributed by atoms with Crippen LogP contribution in [0.15, 0.2) is 24.3 Å². The lowest BCUT2D eigenvalue weighted by Crippen LogP contribution is -2.43. The third kappa shape index (κ3) is 6.98. The first-order chi connectivity index (χ1) is 9.02. The maximum Gasteiger partial charge on any atom is 0.237 e. The Labute approximate surface area is 131 Å². The highest BCUT2D eigenvalue weighted by Gasteiger charge is 2.13. The van der Waals surface area contributed by atoms with Crippen molar-refractivity contribution >= 4 is 29.9 Å². The second-order valence-electron chi connectivity index (χ2n) is 4.53. The van der Waals surface area contributed by atoms with E-state index in [0.29, 0.717) is 23.7 Å². The van der Waals surface area contributed by atoms with Crippen LogP contribution in [0.4, 0.5) is 0 Å². The second-order valence-corrected chi connectivity index (χ2v) is 4.96. The fourth-order valence-electron chi connectivity index (χ4n) is 1.63. The number of carbonyl (C=O) groups excluding carboxylic acids is 1. The third-order valence-electron chi connectivity index (χ3n) is 2.63. The summed E-state index contributed by atoms with van der Waals surface area (Å²) in [6.07, 6.45) is 1.44. The van der Waals surface area contributed by atoms with Gasteiger partial charge < -0.3 is 15.8 Å². The molecule has 1 aromatic carbocycles. The summed E-state index contributed by atoms with van der Waals surface area (Å²) in [7, 11) is 0. The van der Waals surface area contributed by atoms with Crippen LogP contribution in [0.25, 0.3) is 0 Å². The van der Waals surface area contributed by atoms with E-state index >= 15 is 0 Å². The van der Waals surface area contributed by atoms with E-state index in [-0.39, 0.29) is 24.4 Å². The number of nitrogens with two attached hydrogens (primary N) is 1. The van der Waals surface area contributed by atoms with Gasteiger partial charge in [-0.25, -0.2) is 0 Å². The molecule has 1 rings (SSSR count). The normalized spacial score (nSPS) is 13.0. The van der Waals surface area contributed by atoms with Crippen LogP contribution in [0.2, 0.25) is 5.02 Å². The molecule has 2 atom stereocenters. The van der Waals surface area contributed by atoms with Crippen molar-refractivity contribution in [3.63, 3.8) is 0 Å². The van der Waals surface area contributed by atoms with E-state index in [2.05, 4.69) is 5.32 Å². The van der Waals surface area contributed by atoms with E-state index in [1.807, 2.05) is 26.0 Å². The van der Waals surface area contributed by atoms with Crippen molar-refractivity contribution in [1.29, 1.82) is 0 Å². The molecule has 0 spiro atoms. The van der Waals surface area contributed by atoms with Crippen LogP contribution in [0.3, 0.4) is 0 Å². The van der Waals surface area contributed by atoms with Crippen LogP contribution in [-0.2, 0) is 4.79 Å². The Morgan fingerprint density at radius 2 is 2.20 bits per heavy atom. The van der Waals surface area contributed by atoms with E-state index in [4.69, 9.17) is 22.1 Å². The summed E-state index contributed by atoms with van der Waals surface area (Å²) >= 11 is 5.87. The Hall–Kier alpha value is -0.970. The summed E-state index contributed by atoms with van der Waals surface area (Å²) in [5.74, 6) is 0.551. The second kappa shape index (κ2) is 9.86. The molecule has 0 aliphatic carbocycles. The largest absolute Gasteiger partial charge is 0.489 e. The molecule has 0 aromatic heterocycles. The Morgan fingerprint density at radius 3 is 2.80 bits per heavy atom. The lowest BCUT2D eigenvalue weighted by atomic mass is 10.1. The zero-order chi connectivity index (χ0) is 14.3. The molecule has 3 N–H and O–H groups in total. The summed E-state index contributed by atoms with van der Waals surface area (Å²) in [5, 5.41) is 3.40. The third-order valence-corrected chi connectivity index (χ3v) is 2.87. The SMILES string of the molecule is CCCC(N)C(=O)NCC(C)Oc1cccc(Cl)c1.Cl. The minimum absolute atomic E-state index is 0. The van der Waals surface area contributed by atoms with Crippen molar-refractivity contribution in [3.8, 4) is 5.75 Å². The summed E-state index contributed by atoms with van der Waals surface area (Å²) in [6, 6.07) is 6.73. The van der Waals surface area contributed by atoms with Crippen LogP contribution in [0.1, 0.15) is 26.7 Å². The molecule has 1 aromatic rings. The lowest BCUT2D eigenvalue weighted by Gasteiger charge is -2.17. The Balaban J connectivity index is 0.00000361. The van der Waals surface area contributed by atoms with Gasteiger partial charge in [0.15, 0.2) is 0 Å². The van der Waals surface area contributed by atoms with Gasteiger partial charge in [0.25, 0.3) is 0 Å². The molecule has 2 unspecified atom stereocenters. The molecule has 0 aliphatic heterocycles. The van der Waals surface area contributed by atoms with Gasteiger partial charge >= 0.3 is 0 Å². The lowest BCUT2D eigenvalue weighted by molar-refractivity contribution is -0.122. The molecule has 0 heterocycles. The van der Waals surface area contributed by atoms with Gasteiger partial charge in [-0.05, 0) is 31.5 Å². The molecular formula is C14H22Cl2N2O2. The van der Waals surface area contributed by atoms with Crippen molar-refractivity contribution in [2.24, 2.45) is 5.73 Å². The first kappa shape index (κ1) is 19.0. The van der Waals surface area contributed by atoms with E-state index in [0.717, 1.165) is 6.42 Å². The smallest absolute Gasteiger partial charge is 0.237 e.